The smallest absolute Gasteiger partial charge is 0.219 e. The van der Waals surface area contributed by atoms with Gasteiger partial charge in [0.1, 0.15) is 11.5 Å². The highest BCUT2D eigenvalue weighted by Gasteiger charge is 2.02. The van der Waals surface area contributed by atoms with E-state index < -0.39 is 0 Å². The minimum Gasteiger partial charge on any atom is -0.494 e. The summed E-state index contributed by atoms with van der Waals surface area (Å²) in [5, 5.41) is 3.04. The monoisotopic (exact) mass is 328 g/mol. The number of pyridine rings is 1. The molecule has 6 nitrogen and oxygen atoms in total. The van der Waals surface area contributed by atoms with Crippen LogP contribution in [0.4, 0.5) is 0 Å². The molecule has 0 saturated heterocycles. The van der Waals surface area contributed by atoms with Crippen molar-refractivity contribution in [2.24, 2.45) is 10.7 Å². The number of nitrogens with one attached hydrogen (secondary N) is 1. The predicted octanol–water partition coefficient (Wildman–Crippen LogP) is 3.09. The van der Waals surface area contributed by atoms with Gasteiger partial charge in [-0.3, -0.25) is 0 Å². The van der Waals surface area contributed by atoms with Gasteiger partial charge in [0.25, 0.3) is 0 Å². The Morgan fingerprint density at radius 2 is 1.92 bits per heavy atom. The Morgan fingerprint density at radius 1 is 1.17 bits per heavy atom. The van der Waals surface area contributed by atoms with Crippen LogP contribution in [0.25, 0.3) is 0 Å². The molecule has 3 N–H and O–H groups in total. The number of nitrogens with two attached hydrogens (primary N) is 1. The van der Waals surface area contributed by atoms with Crippen molar-refractivity contribution in [1.29, 1.82) is 0 Å². The molecule has 24 heavy (non-hydrogen) atoms. The first kappa shape index (κ1) is 17.6. The summed E-state index contributed by atoms with van der Waals surface area (Å²) >= 11 is 0. The first-order chi connectivity index (χ1) is 11.7. The molecule has 128 valence electrons. The average Bonchev–Trinajstić information content (AvgIpc) is 2.60. The van der Waals surface area contributed by atoms with Crippen molar-refractivity contribution in [2.45, 2.75) is 26.8 Å². The van der Waals surface area contributed by atoms with Gasteiger partial charge in [-0.05, 0) is 49.2 Å². The third-order valence-corrected chi connectivity index (χ3v) is 3.14. The Balaban J connectivity index is 1.97. The normalized spacial score (nSPS) is 11.2. The third-order valence-electron chi connectivity index (χ3n) is 3.14. The summed E-state index contributed by atoms with van der Waals surface area (Å²) in [6.45, 7) is 5.96. The molecule has 0 aliphatic carbocycles. The van der Waals surface area contributed by atoms with Crippen LogP contribution in [-0.2, 0) is 6.54 Å². The van der Waals surface area contributed by atoms with Gasteiger partial charge in [-0.25, -0.2) is 9.98 Å². The lowest BCUT2D eigenvalue weighted by Crippen LogP contribution is -2.32. The highest BCUT2D eigenvalue weighted by molar-refractivity contribution is 5.77. The zero-order valence-corrected chi connectivity index (χ0v) is 14.2. The number of guanidine groups is 1. The topological polar surface area (TPSA) is 81.8 Å². The zero-order chi connectivity index (χ0) is 17.2. The van der Waals surface area contributed by atoms with Crippen LogP contribution in [0.2, 0.25) is 0 Å². The number of ether oxygens (including phenoxy) is 2. The van der Waals surface area contributed by atoms with E-state index in [2.05, 4.69) is 22.2 Å². The molecule has 2 rings (SSSR count). The van der Waals surface area contributed by atoms with Crippen molar-refractivity contribution in [1.82, 2.24) is 10.3 Å². The molecule has 1 aromatic carbocycles. The summed E-state index contributed by atoms with van der Waals surface area (Å²) in [5.74, 6) is 2.49. The van der Waals surface area contributed by atoms with E-state index in [4.69, 9.17) is 15.2 Å². The van der Waals surface area contributed by atoms with Crippen molar-refractivity contribution >= 4 is 5.96 Å². The quantitative estimate of drug-likeness (QED) is 0.575. The summed E-state index contributed by atoms with van der Waals surface area (Å²) in [5.41, 5.74) is 6.77. The fourth-order valence-electron chi connectivity index (χ4n) is 1.98. The molecule has 0 aliphatic rings. The Hall–Kier alpha value is -2.76. The zero-order valence-electron chi connectivity index (χ0n) is 14.2. The second-order valence-corrected chi connectivity index (χ2v) is 5.14. The van der Waals surface area contributed by atoms with Gasteiger partial charge in [0.05, 0.1) is 13.2 Å². The molecule has 0 amide bonds. The van der Waals surface area contributed by atoms with Crippen LogP contribution >= 0.6 is 0 Å². The Morgan fingerprint density at radius 3 is 2.62 bits per heavy atom. The van der Waals surface area contributed by atoms with Gasteiger partial charge in [-0.2, -0.15) is 0 Å². The molecule has 2 aromatic rings. The molecule has 1 aromatic heterocycles. The van der Waals surface area contributed by atoms with E-state index in [0.29, 0.717) is 30.7 Å². The number of aliphatic imine (C=N–C) groups is 1. The predicted molar refractivity (Wildman–Crippen MR) is 95.5 cm³/mol. The van der Waals surface area contributed by atoms with Crippen molar-refractivity contribution in [3.8, 4) is 17.4 Å². The number of nitrogens with zero attached hydrogens (tertiary/aromatic N) is 2. The lowest BCUT2D eigenvalue weighted by atomic mass is 10.2. The minimum atomic E-state index is 0.447. The number of hydrogen-bond donors (Lipinski definition) is 2. The fourth-order valence-corrected chi connectivity index (χ4v) is 1.98. The Bertz CT molecular complexity index is 656. The van der Waals surface area contributed by atoms with Gasteiger partial charge in [0.15, 0.2) is 5.96 Å². The number of aromatic nitrogens is 1. The summed E-state index contributed by atoms with van der Waals surface area (Å²) in [6.07, 6.45) is 2.70. The second kappa shape index (κ2) is 9.39. The van der Waals surface area contributed by atoms with Crippen LogP contribution in [0.15, 0.2) is 47.6 Å². The standard InChI is InChI=1S/C18H24N4O2/c1-3-10-21-18(19)22-13-14-9-11-20-17(12-14)24-16-7-5-15(6-8-16)23-4-2/h5-9,11-12H,3-4,10,13H2,1-2H3,(H3,19,21,22). The van der Waals surface area contributed by atoms with Gasteiger partial charge < -0.3 is 20.5 Å². The second-order valence-electron chi connectivity index (χ2n) is 5.14. The van der Waals surface area contributed by atoms with Crippen LogP contribution in [0.3, 0.4) is 0 Å². The van der Waals surface area contributed by atoms with Crippen LogP contribution < -0.4 is 20.5 Å². The molecule has 0 aliphatic heterocycles. The molecule has 0 spiro atoms. The molecule has 0 unspecified atom stereocenters. The fraction of sp³-hybridized carbons (Fsp3) is 0.333. The summed E-state index contributed by atoms with van der Waals surface area (Å²) in [4.78, 5) is 8.52. The first-order valence-electron chi connectivity index (χ1n) is 8.10. The first-order valence-corrected chi connectivity index (χ1v) is 8.10. The van der Waals surface area contributed by atoms with E-state index in [9.17, 15) is 0 Å². The van der Waals surface area contributed by atoms with E-state index in [0.717, 1.165) is 24.3 Å². The lowest BCUT2D eigenvalue weighted by Gasteiger charge is -2.08. The van der Waals surface area contributed by atoms with E-state index in [1.165, 1.54) is 0 Å². The molecule has 1 heterocycles. The van der Waals surface area contributed by atoms with Crippen LogP contribution in [0, 0.1) is 0 Å². The lowest BCUT2D eigenvalue weighted by molar-refractivity contribution is 0.339. The number of rotatable bonds is 8. The van der Waals surface area contributed by atoms with Crippen molar-refractivity contribution in [3.63, 3.8) is 0 Å². The molecule has 0 bridgehead atoms. The molecule has 0 saturated carbocycles. The molecule has 6 heteroatoms. The van der Waals surface area contributed by atoms with Gasteiger partial charge in [0.2, 0.25) is 5.88 Å². The largest absolute Gasteiger partial charge is 0.494 e. The van der Waals surface area contributed by atoms with Gasteiger partial charge >= 0.3 is 0 Å². The summed E-state index contributed by atoms with van der Waals surface area (Å²) in [6, 6.07) is 11.2. The molecular weight excluding hydrogens is 304 g/mol. The molecule has 0 radical (unpaired) electrons. The highest BCUT2D eigenvalue weighted by Crippen LogP contribution is 2.23. The van der Waals surface area contributed by atoms with Crippen molar-refractivity contribution in [2.75, 3.05) is 13.2 Å². The van der Waals surface area contributed by atoms with E-state index in [-0.39, 0.29) is 0 Å². The van der Waals surface area contributed by atoms with Crippen LogP contribution in [0.1, 0.15) is 25.8 Å². The molecule has 0 fully saturated rings. The van der Waals surface area contributed by atoms with Gasteiger partial charge in [-0.1, -0.05) is 6.92 Å². The van der Waals surface area contributed by atoms with Gasteiger partial charge in [-0.15, -0.1) is 0 Å². The van der Waals surface area contributed by atoms with Gasteiger partial charge in [0, 0.05) is 18.8 Å². The SMILES string of the molecule is CCCNC(N)=NCc1ccnc(Oc2ccc(OCC)cc2)c1. The molecular formula is C18H24N4O2. The van der Waals surface area contributed by atoms with Crippen molar-refractivity contribution in [3.05, 3.63) is 48.2 Å². The Labute approximate surface area is 142 Å². The Kier molecular flexibility index (Phi) is 6.89. The third kappa shape index (κ3) is 5.79. The number of hydrogen-bond acceptors (Lipinski definition) is 4. The maximum Gasteiger partial charge on any atom is 0.219 e. The van der Waals surface area contributed by atoms with Crippen LogP contribution in [0.5, 0.6) is 17.4 Å². The van der Waals surface area contributed by atoms with E-state index in [1.54, 1.807) is 6.20 Å². The summed E-state index contributed by atoms with van der Waals surface area (Å²) in [7, 11) is 0. The maximum atomic E-state index is 5.79. The number of benzene rings is 1. The maximum absolute atomic E-state index is 5.79. The highest BCUT2D eigenvalue weighted by atomic mass is 16.5. The molecule has 0 atom stereocenters. The minimum absolute atomic E-state index is 0.447. The summed E-state index contributed by atoms with van der Waals surface area (Å²) < 4.78 is 11.2. The van der Waals surface area contributed by atoms with Crippen LogP contribution in [-0.4, -0.2) is 24.1 Å². The average molecular weight is 328 g/mol. The van der Waals surface area contributed by atoms with E-state index >= 15 is 0 Å². The van der Waals surface area contributed by atoms with E-state index in [1.807, 2.05) is 43.3 Å². The van der Waals surface area contributed by atoms with Crippen molar-refractivity contribution < 1.29 is 9.47 Å².